The summed E-state index contributed by atoms with van der Waals surface area (Å²) in [5, 5.41) is 0.867. The maximum absolute atomic E-state index is 12.7. The summed E-state index contributed by atoms with van der Waals surface area (Å²) in [5.74, 6) is 0. The van der Waals surface area contributed by atoms with Gasteiger partial charge in [0.15, 0.2) is 0 Å². The first-order chi connectivity index (χ1) is 12.8. The van der Waals surface area contributed by atoms with Crippen LogP contribution in [0.5, 0.6) is 0 Å². The number of benzene rings is 2. The molecule has 2 aromatic carbocycles. The fraction of sp³-hybridized carbons (Fsp3) is 0.286. The summed E-state index contributed by atoms with van der Waals surface area (Å²) in [7, 11) is 1.86. The molecule has 0 amide bonds. The van der Waals surface area contributed by atoms with Gasteiger partial charge in [-0.3, -0.25) is 4.90 Å². The number of hydrogen-bond donors (Lipinski definition) is 0. The lowest BCUT2D eigenvalue weighted by Crippen LogP contribution is -2.18. The minimum atomic E-state index is -4.33. The van der Waals surface area contributed by atoms with Crippen molar-refractivity contribution in [1.82, 2.24) is 4.90 Å². The van der Waals surface area contributed by atoms with Crippen LogP contribution in [-0.2, 0) is 25.7 Å². The van der Waals surface area contributed by atoms with Crippen molar-refractivity contribution >= 4 is 11.0 Å². The van der Waals surface area contributed by atoms with E-state index in [1.165, 1.54) is 18.2 Å². The van der Waals surface area contributed by atoms with E-state index in [0.717, 1.165) is 40.6 Å². The lowest BCUT2D eigenvalue weighted by molar-refractivity contribution is -0.137. The molecular weight excluding hydrogens is 355 g/mol. The molecule has 142 valence electrons. The highest BCUT2D eigenvalue weighted by Crippen LogP contribution is 2.29. The summed E-state index contributed by atoms with van der Waals surface area (Å²) >= 11 is 0. The zero-order valence-corrected chi connectivity index (χ0v) is 15.1. The van der Waals surface area contributed by atoms with Crippen LogP contribution in [-0.4, -0.2) is 11.9 Å². The van der Waals surface area contributed by atoms with E-state index in [1.807, 2.05) is 37.1 Å². The van der Waals surface area contributed by atoms with Gasteiger partial charge in [-0.05, 0) is 48.4 Å². The Hall–Kier alpha value is -2.60. The average molecular weight is 375 g/mol. The first-order valence-electron chi connectivity index (χ1n) is 8.66. The first kappa shape index (κ1) is 19.2. The third-order valence-electron chi connectivity index (χ3n) is 4.48. The van der Waals surface area contributed by atoms with Crippen LogP contribution in [0.25, 0.3) is 11.0 Å². The van der Waals surface area contributed by atoms with E-state index in [1.54, 1.807) is 0 Å². The largest absolute Gasteiger partial charge is 0.423 e. The predicted octanol–water partition coefficient (Wildman–Crippen LogP) is 5.01. The lowest BCUT2D eigenvalue weighted by atomic mass is 10.1. The smallest absolute Gasteiger partial charge is 0.416 e. The Labute approximate surface area is 155 Å². The summed E-state index contributed by atoms with van der Waals surface area (Å²) in [6.45, 7) is 2.97. The maximum atomic E-state index is 12.7. The molecule has 0 atom stereocenters. The fourth-order valence-corrected chi connectivity index (χ4v) is 3.08. The monoisotopic (exact) mass is 375 g/mol. The first-order valence-corrected chi connectivity index (χ1v) is 8.66. The van der Waals surface area contributed by atoms with Gasteiger partial charge in [-0.15, -0.1) is 0 Å². The Kier molecular flexibility index (Phi) is 5.37. The Balaban J connectivity index is 1.79. The van der Waals surface area contributed by atoms with Gasteiger partial charge in [0.25, 0.3) is 0 Å². The molecule has 0 spiro atoms. The number of nitrogens with zero attached hydrogens (tertiary/aromatic N) is 1. The molecule has 3 nitrogen and oxygen atoms in total. The molecule has 3 rings (SSSR count). The standard InChI is InChI=1S/C21H20F3NO2/c1-3-14-6-9-18-16(11-20(26)27-19(18)10-14)13-25(2)12-15-4-7-17(8-5-15)21(22,23)24/h4-11H,3,12-13H2,1-2H3. The highest BCUT2D eigenvalue weighted by atomic mass is 19.4. The number of fused-ring (bicyclic) bond motifs is 1. The van der Waals surface area contributed by atoms with Gasteiger partial charge in [-0.1, -0.05) is 31.2 Å². The molecule has 0 saturated heterocycles. The van der Waals surface area contributed by atoms with E-state index in [0.29, 0.717) is 18.7 Å². The Bertz CT molecular complexity index is 991. The van der Waals surface area contributed by atoms with Crippen molar-refractivity contribution in [3.8, 4) is 0 Å². The van der Waals surface area contributed by atoms with Crippen molar-refractivity contribution in [3.63, 3.8) is 0 Å². The zero-order valence-electron chi connectivity index (χ0n) is 15.1. The van der Waals surface area contributed by atoms with Crippen LogP contribution in [0.3, 0.4) is 0 Å². The van der Waals surface area contributed by atoms with Crippen LogP contribution < -0.4 is 5.63 Å². The molecule has 3 aromatic rings. The van der Waals surface area contributed by atoms with Gasteiger partial charge < -0.3 is 4.42 Å². The van der Waals surface area contributed by atoms with E-state index in [2.05, 4.69) is 0 Å². The summed E-state index contributed by atoms with van der Waals surface area (Å²) < 4.78 is 43.3. The maximum Gasteiger partial charge on any atom is 0.416 e. The molecule has 1 aromatic heterocycles. The highest BCUT2D eigenvalue weighted by Gasteiger charge is 2.29. The van der Waals surface area contributed by atoms with Gasteiger partial charge >= 0.3 is 11.8 Å². The average Bonchev–Trinajstić information content (AvgIpc) is 2.60. The molecule has 0 fully saturated rings. The van der Waals surface area contributed by atoms with Crippen molar-refractivity contribution in [2.24, 2.45) is 0 Å². The molecule has 0 aliphatic heterocycles. The summed E-state index contributed by atoms with van der Waals surface area (Å²) in [6.07, 6.45) is -3.49. The molecule has 0 bridgehead atoms. The van der Waals surface area contributed by atoms with E-state index in [-0.39, 0.29) is 0 Å². The second kappa shape index (κ2) is 7.56. The van der Waals surface area contributed by atoms with Gasteiger partial charge in [-0.2, -0.15) is 13.2 Å². The SMILES string of the molecule is CCc1ccc2c(CN(C)Cc3ccc(C(F)(F)F)cc3)cc(=O)oc2c1. The van der Waals surface area contributed by atoms with E-state index in [4.69, 9.17) is 4.42 Å². The van der Waals surface area contributed by atoms with Crippen molar-refractivity contribution in [3.05, 3.63) is 81.2 Å². The molecule has 6 heteroatoms. The van der Waals surface area contributed by atoms with Crippen molar-refractivity contribution in [2.45, 2.75) is 32.6 Å². The van der Waals surface area contributed by atoms with Crippen LogP contribution in [0, 0.1) is 0 Å². The molecule has 0 unspecified atom stereocenters. The van der Waals surface area contributed by atoms with Gasteiger partial charge in [0.05, 0.1) is 5.56 Å². The van der Waals surface area contributed by atoms with Gasteiger partial charge in [0.1, 0.15) is 5.58 Å². The van der Waals surface area contributed by atoms with Crippen molar-refractivity contribution in [2.75, 3.05) is 7.05 Å². The number of rotatable bonds is 5. The lowest BCUT2D eigenvalue weighted by Gasteiger charge is -2.18. The normalized spacial score (nSPS) is 12.1. The third-order valence-corrected chi connectivity index (χ3v) is 4.48. The molecular formula is C21H20F3NO2. The zero-order chi connectivity index (χ0) is 19.6. The van der Waals surface area contributed by atoms with Crippen LogP contribution in [0.4, 0.5) is 13.2 Å². The van der Waals surface area contributed by atoms with Gasteiger partial charge in [-0.25, -0.2) is 4.79 Å². The van der Waals surface area contributed by atoms with Crippen LogP contribution in [0.1, 0.15) is 29.2 Å². The summed E-state index contributed by atoms with van der Waals surface area (Å²) in [6, 6.07) is 12.4. The fourth-order valence-electron chi connectivity index (χ4n) is 3.08. The quantitative estimate of drug-likeness (QED) is 0.588. The number of halogens is 3. The summed E-state index contributed by atoms with van der Waals surface area (Å²) in [4.78, 5) is 13.8. The Morgan fingerprint density at radius 1 is 0.963 bits per heavy atom. The second-order valence-corrected chi connectivity index (χ2v) is 6.64. The Morgan fingerprint density at radius 3 is 2.26 bits per heavy atom. The third kappa shape index (κ3) is 4.57. The molecule has 0 radical (unpaired) electrons. The topological polar surface area (TPSA) is 33.5 Å². The van der Waals surface area contributed by atoms with E-state index in [9.17, 15) is 18.0 Å². The number of hydrogen-bond acceptors (Lipinski definition) is 3. The predicted molar refractivity (Wildman–Crippen MR) is 98.5 cm³/mol. The minimum absolute atomic E-state index is 0.409. The van der Waals surface area contributed by atoms with Crippen molar-refractivity contribution in [1.29, 1.82) is 0 Å². The number of aryl methyl sites for hydroxylation is 1. The van der Waals surface area contributed by atoms with Crippen LogP contribution in [0.2, 0.25) is 0 Å². The van der Waals surface area contributed by atoms with Crippen LogP contribution in [0.15, 0.2) is 57.7 Å². The molecule has 0 saturated carbocycles. The summed E-state index contributed by atoms with van der Waals surface area (Å²) in [5.41, 5.74) is 2.17. The van der Waals surface area contributed by atoms with Gasteiger partial charge in [0, 0.05) is 24.5 Å². The molecule has 0 aliphatic carbocycles. The Morgan fingerprint density at radius 2 is 1.63 bits per heavy atom. The minimum Gasteiger partial charge on any atom is -0.423 e. The molecule has 1 heterocycles. The molecule has 0 N–H and O–H groups in total. The van der Waals surface area contributed by atoms with Crippen LogP contribution >= 0.6 is 0 Å². The van der Waals surface area contributed by atoms with Gasteiger partial charge in [0.2, 0.25) is 0 Å². The number of alkyl halides is 3. The molecule has 27 heavy (non-hydrogen) atoms. The highest BCUT2D eigenvalue weighted by molar-refractivity contribution is 5.80. The molecule has 0 aliphatic rings. The van der Waals surface area contributed by atoms with E-state index >= 15 is 0 Å². The second-order valence-electron chi connectivity index (χ2n) is 6.64. The van der Waals surface area contributed by atoms with E-state index < -0.39 is 17.4 Å². The van der Waals surface area contributed by atoms with Crippen molar-refractivity contribution < 1.29 is 17.6 Å².